The topological polar surface area (TPSA) is 26.0 Å². The summed E-state index contributed by atoms with van der Waals surface area (Å²) in [5.41, 5.74) is 6.86. The van der Waals surface area contributed by atoms with Crippen molar-refractivity contribution in [1.29, 1.82) is 0 Å². The van der Waals surface area contributed by atoms with Gasteiger partial charge in [-0.25, -0.2) is 4.39 Å². The van der Waals surface area contributed by atoms with E-state index in [2.05, 4.69) is 0 Å². The van der Waals surface area contributed by atoms with Crippen molar-refractivity contribution in [1.82, 2.24) is 0 Å². The molecule has 1 nitrogen and oxygen atoms in total. The average molecular weight is 204 g/mol. The smallest absolute Gasteiger partial charge is 0.123 e. The lowest BCUT2D eigenvalue weighted by Gasteiger charge is -2.15. The van der Waals surface area contributed by atoms with E-state index < -0.39 is 0 Å². The molecule has 0 fully saturated rings. The van der Waals surface area contributed by atoms with Crippen molar-refractivity contribution in [2.75, 3.05) is 0 Å². The van der Waals surface area contributed by atoms with E-state index in [-0.39, 0.29) is 24.3 Å². The number of rotatable bonds is 2. The molecule has 0 aliphatic heterocycles. The molecule has 0 aromatic heterocycles. The standard InChI is InChI=1S/C10H14FN.ClH/c1-7(2)10(12)8-3-5-9(11)6-4-8;/h3-7,10H,12H2,1-2H3;1H. The van der Waals surface area contributed by atoms with Gasteiger partial charge in [-0.2, -0.15) is 0 Å². The van der Waals surface area contributed by atoms with Gasteiger partial charge in [0.2, 0.25) is 0 Å². The lowest BCUT2D eigenvalue weighted by Crippen LogP contribution is -2.16. The van der Waals surface area contributed by atoms with Gasteiger partial charge in [0, 0.05) is 6.04 Å². The molecule has 3 heteroatoms. The third-order valence-corrected chi connectivity index (χ3v) is 1.97. The zero-order chi connectivity index (χ0) is 9.14. The van der Waals surface area contributed by atoms with Crippen LogP contribution in [0.3, 0.4) is 0 Å². The molecule has 0 bridgehead atoms. The Kier molecular flexibility index (Phi) is 4.96. The summed E-state index contributed by atoms with van der Waals surface area (Å²) in [6, 6.07) is 6.36. The maximum atomic E-state index is 12.5. The van der Waals surface area contributed by atoms with Gasteiger partial charge in [-0.15, -0.1) is 12.4 Å². The van der Waals surface area contributed by atoms with E-state index in [1.807, 2.05) is 13.8 Å². The molecule has 0 saturated heterocycles. The minimum atomic E-state index is -0.213. The number of halogens is 2. The second-order valence-electron chi connectivity index (χ2n) is 3.32. The lowest BCUT2D eigenvalue weighted by atomic mass is 9.97. The third-order valence-electron chi connectivity index (χ3n) is 1.97. The lowest BCUT2D eigenvalue weighted by molar-refractivity contribution is 0.513. The minimum Gasteiger partial charge on any atom is -0.324 e. The zero-order valence-electron chi connectivity index (χ0n) is 7.83. The van der Waals surface area contributed by atoms with Gasteiger partial charge in [-0.1, -0.05) is 26.0 Å². The molecule has 13 heavy (non-hydrogen) atoms. The van der Waals surface area contributed by atoms with Crippen molar-refractivity contribution in [3.63, 3.8) is 0 Å². The van der Waals surface area contributed by atoms with Crippen LogP contribution in [0.5, 0.6) is 0 Å². The van der Waals surface area contributed by atoms with E-state index >= 15 is 0 Å². The predicted octanol–water partition coefficient (Wildman–Crippen LogP) is 2.90. The fraction of sp³-hybridized carbons (Fsp3) is 0.400. The Morgan fingerprint density at radius 1 is 1.15 bits per heavy atom. The van der Waals surface area contributed by atoms with Gasteiger partial charge >= 0.3 is 0 Å². The van der Waals surface area contributed by atoms with Gasteiger partial charge in [-0.3, -0.25) is 0 Å². The molecule has 0 heterocycles. The van der Waals surface area contributed by atoms with E-state index in [0.29, 0.717) is 5.92 Å². The summed E-state index contributed by atoms with van der Waals surface area (Å²) in [7, 11) is 0. The Hall–Kier alpha value is -0.600. The highest BCUT2D eigenvalue weighted by Crippen LogP contribution is 2.18. The Balaban J connectivity index is 0.00000144. The molecule has 74 valence electrons. The molecule has 0 amide bonds. The monoisotopic (exact) mass is 203 g/mol. The Morgan fingerprint density at radius 2 is 1.62 bits per heavy atom. The summed E-state index contributed by atoms with van der Waals surface area (Å²) in [5, 5.41) is 0. The van der Waals surface area contributed by atoms with E-state index in [1.165, 1.54) is 12.1 Å². The van der Waals surface area contributed by atoms with Crippen LogP contribution in [0, 0.1) is 11.7 Å². The summed E-state index contributed by atoms with van der Waals surface area (Å²) in [6.45, 7) is 4.10. The molecule has 1 aromatic rings. The summed E-state index contributed by atoms with van der Waals surface area (Å²) < 4.78 is 12.5. The van der Waals surface area contributed by atoms with Gasteiger partial charge in [0.15, 0.2) is 0 Å². The Labute approximate surface area is 84.5 Å². The molecule has 1 aromatic carbocycles. The van der Waals surface area contributed by atoms with Gasteiger partial charge in [0.1, 0.15) is 5.82 Å². The largest absolute Gasteiger partial charge is 0.324 e. The van der Waals surface area contributed by atoms with Crippen molar-refractivity contribution in [3.8, 4) is 0 Å². The second kappa shape index (κ2) is 5.20. The van der Waals surface area contributed by atoms with E-state index in [4.69, 9.17) is 5.73 Å². The highest BCUT2D eigenvalue weighted by atomic mass is 35.5. The van der Waals surface area contributed by atoms with Gasteiger partial charge in [0.25, 0.3) is 0 Å². The van der Waals surface area contributed by atoms with Gasteiger partial charge in [0.05, 0.1) is 0 Å². The van der Waals surface area contributed by atoms with Crippen LogP contribution in [0.25, 0.3) is 0 Å². The molecule has 1 unspecified atom stereocenters. The Morgan fingerprint density at radius 3 is 2.00 bits per heavy atom. The van der Waals surface area contributed by atoms with Crippen LogP contribution in [0.2, 0.25) is 0 Å². The molecule has 1 atom stereocenters. The summed E-state index contributed by atoms with van der Waals surface area (Å²) in [6.07, 6.45) is 0. The number of benzene rings is 1. The first kappa shape index (κ1) is 12.4. The highest BCUT2D eigenvalue weighted by molar-refractivity contribution is 5.85. The molecular formula is C10H15ClFN. The molecule has 0 radical (unpaired) electrons. The van der Waals surface area contributed by atoms with Crippen LogP contribution in [-0.4, -0.2) is 0 Å². The molecule has 1 rings (SSSR count). The van der Waals surface area contributed by atoms with Gasteiger partial charge < -0.3 is 5.73 Å². The van der Waals surface area contributed by atoms with Crippen LogP contribution in [-0.2, 0) is 0 Å². The quantitative estimate of drug-likeness (QED) is 0.786. The molecule has 2 N–H and O–H groups in total. The Bertz CT molecular complexity index is 246. The fourth-order valence-electron chi connectivity index (χ4n) is 1.07. The fourth-order valence-corrected chi connectivity index (χ4v) is 1.07. The van der Waals surface area contributed by atoms with Crippen LogP contribution < -0.4 is 5.73 Å². The van der Waals surface area contributed by atoms with Crippen LogP contribution in [0.1, 0.15) is 25.5 Å². The summed E-state index contributed by atoms with van der Waals surface area (Å²) in [4.78, 5) is 0. The van der Waals surface area contributed by atoms with E-state index in [0.717, 1.165) is 5.56 Å². The number of hydrogen-bond acceptors (Lipinski definition) is 1. The summed E-state index contributed by atoms with van der Waals surface area (Å²) in [5.74, 6) is 0.171. The molecule has 0 saturated carbocycles. The van der Waals surface area contributed by atoms with Crippen LogP contribution >= 0.6 is 12.4 Å². The first-order valence-electron chi connectivity index (χ1n) is 4.12. The molecule has 0 aliphatic rings. The molecule has 0 aliphatic carbocycles. The first-order chi connectivity index (χ1) is 5.61. The second-order valence-corrected chi connectivity index (χ2v) is 3.32. The van der Waals surface area contributed by atoms with Crippen molar-refractivity contribution < 1.29 is 4.39 Å². The SMILES string of the molecule is CC(C)C(N)c1ccc(F)cc1.Cl. The van der Waals surface area contributed by atoms with Crippen molar-refractivity contribution in [2.45, 2.75) is 19.9 Å². The maximum absolute atomic E-state index is 12.5. The third kappa shape index (κ3) is 3.33. The van der Waals surface area contributed by atoms with Crippen molar-refractivity contribution in [2.24, 2.45) is 11.7 Å². The van der Waals surface area contributed by atoms with Gasteiger partial charge in [-0.05, 0) is 23.6 Å². The van der Waals surface area contributed by atoms with Crippen molar-refractivity contribution >= 4 is 12.4 Å². The van der Waals surface area contributed by atoms with E-state index in [1.54, 1.807) is 12.1 Å². The van der Waals surface area contributed by atoms with Crippen molar-refractivity contribution in [3.05, 3.63) is 35.6 Å². The highest BCUT2D eigenvalue weighted by Gasteiger charge is 2.09. The number of hydrogen-bond donors (Lipinski definition) is 1. The normalized spacial score (nSPS) is 12.4. The number of nitrogens with two attached hydrogens (primary N) is 1. The van der Waals surface area contributed by atoms with Crippen LogP contribution in [0.15, 0.2) is 24.3 Å². The predicted molar refractivity (Wildman–Crippen MR) is 55.4 cm³/mol. The first-order valence-corrected chi connectivity index (χ1v) is 4.12. The minimum absolute atomic E-state index is 0. The molecular weight excluding hydrogens is 189 g/mol. The average Bonchev–Trinajstić information content (AvgIpc) is 2.04. The zero-order valence-corrected chi connectivity index (χ0v) is 8.64. The summed E-state index contributed by atoms with van der Waals surface area (Å²) >= 11 is 0. The maximum Gasteiger partial charge on any atom is 0.123 e. The van der Waals surface area contributed by atoms with Crippen LogP contribution in [0.4, 0.5) is 4.39 Å². The van der Waals surface area contributed by atoms with E-state index in [9.17, 15) is 4.39 Å². The molecule has 0 spiro atoms.